The first-order chi connectivity index (χ1) is 24.3. The Morgan fingerprint density at radius 2 is 0.880 bits per heavy atom. The molecule has 0 spiro atoms. The van der Waals surface area contributed by atoms with Gasteiger partial charge in [0.05, 0.1) is 5.69 Å². The van der Waals surface area contributed by atoms with Gasteiger partial charge in [-0.15, -0.1) is 11.3 Å². The summed E-state index contributed by atoms with van der Waals surface area (Å²) in [6.07, 6.45) is 0. The third-order valence-electron chi connectivity index (χ3n) is 11.5. The highest BCUT2D eigenvalue weighted by atomic mass is 32.1. The number of anilines is 3. The summed E-state index contributed by atoms with van der Waals surface area (Å²) in [6, 6.07) is 56.8. The minimum absolute atomic E-state index is 0.0487. The van der Waals surface area contributed by atoms with E-state index in [1.54, 1.807) is 0 Å². The molecule has 8 aromatic rings. The van der Waals surface area contributed by atoms with Crippen molar-refractivity contribution in [2.75, 3.05) is 4.90 Å². The van der Waals surface area contributed by atoms with Crippen molar-refractivity contribution in [1.82, 2.24) is 0 Å². The van der Waals surface area contributed by atoms with E-state index >= 15 is 0 Å². The topological polar surface area (TPSA) is 3.24 Å². The highest BCUT2D eigenvalue weighted by Crippen LogP contribution is 2.54. The van der Waals surface area contributed by atoms with Gasteiger partial charge in [0.1, 0.15) is 0 Å². The second-order valence-electron chi connectivity index (χ2n) is 14.9. The summed E-state index contributed by atoms with van der Waals surface area (Å²) < 4.78 is 2.65. The molecule has 0 saturated carbocycles. The molecule has 10 rings (SSSR count). The third-order valence-corrected chi connectivity index (χ3v) is 12.7. The minimum atomic E-state index is -0.0487. The van der Waals surface area contributed by atoms with Crippen molar-refractivity contribution in [1.29, 1.82) is 0 Å². The third kappa shape index (κ3) is 4.06. The lowest BCUT2D eigenvalue weighted by Crippen LogP contribution is -2.16. The van der Waals surface area contributed by atoms with E-state index in [9.17, 15) is 0 Å². The zero-order chi connectivity index (χ0) is 33.8. The highest BCUT2D eigenvalue weighted by molar-refractivity contribution is 7.26. The summed E-state index contributed by atoms with van der Waals surface area (Å²) in [5.41, 5.74) is 16.8. The summed E-state index contributed by atoms with van der Waals surface area (Å²) in [5.74, 6) is 0. The standard InChI is InChI=1S/C48H37NS/c1-47(2)40-20-9-5-14-32(40)38-28-30(24-26-42(38)47)49(31-25-27-43-39(29-31)33-15-6-10-21-41(33)48(43,3)4)44-22-11-7-16-34(44)36-18-13-19-37-35-17-8-12-23-45(35)50-46(36)37/h5-29H,1-4H3. The van der Waals surface area contributed by atoms with Crippen LogP contribution in [0.5, 0.6) is 0 Å². The Balaban J connectivity index is 1.24. The maximum atomic E-state index is 2.50. The van der Waals surface area contributed by atoms with Gasteiger partial charge in [0.15, 0.2) is 0 Å². The average Bonchev–Trinajstić information content (AvgIpc) is 3.72. The van der Waals surface area contributed by atoms with Crippen LogP contribution in [0.2, 0.25) is 0 Å². The predicted octanol–water partition coefficient (Wildman–Crippen LogP) is 13.8. The first-order valence-corrected chi connectivity index (χ1v) is 18.4. The first-order valence-electron chi connectivity index (χ1n) is 17.6. The summed E-state index contributed by atoms with van der Waals surface area (Å²) in [7, 11) is 0. The Hall–Kier alpha value is -5.44. The van der Waals surface area contributed by atoms with Crippen LogP contribution in [0.15, 0.2) is 152 Å². The van der Waals surface area contributed by atoms with Gasteiger partial charge in [-0.3, -0.25) is 0 Å². The summed E-state index contributed by atoms with van der Waals surface area (Å²) in [5, 5.41) is 2.64. The normalized spacial score (nSPS) is 14.7. The van der Waals surface area contributed by atoms with Gasteiger partial charge in [0.2, 0.25) is 0 Å². The SMILES string of the molecule is CC1(C)c2ccccc2-c2cc(N(c3ccc4c(c3)-c3ccccc3C4(C)C)c3ccccc3-c3cccc4c3sc3ccccc34)ccc21. The average molecular weight is 660 g/mol. The fraction of sp³-hybridized carbons (Fsp3) is 0.125. The van der Waals surface area contributed by atoms with E-state index in [1.165, 1.54) is 81.5 Å². The second-order valence-corrected chi connectivity index (χ2v) is 16.0. The molecule has 1 heterocycles. The molecule has 50 heavy (non-hydrogen) atoms. The number of hydrogen-bond donors (Lipinski definition) is 0. The van der Waals surface area contributed by atoms with Crippen LogP contribution in [0.1, 0.15) is 49.9 Å². The maximum absolute atomic E-state index is 2.50. The molecule has 7 aromatic carbocycles. The fourth-order valence-electron chi connectivity index (χ4n) is 8.98. The van der Waals surface area contributed by atoms with Gasteiger partial charge in [-0.2, -0.15) is 0 Å². The van der Waals surface area contributed by atoms with E-state index in [4.69, 9.17) is 0 Å². The van der Waals surface area contributed by atoms with Crippen LogP contribution >= 0.6 is 11.3 Å². The van der Waals surface area contributed by atoms with Crippen molar-refractivity contribution >= 4 is 48.6 Å². The molecule has 2 heteroatoms. The summed E-state index contributed by atoms with van der Waals surface area (Å²) in [6.45, 7) is 9.43. The number of benzene rings is 7. The molecule has 0 radical (unpaired) electrons. The Labute approximate surface area is 298 Å². The first kappa shape index (κ1) is 29.5. The molecule has 0 fully saturated rings. The molecule has 2 aliphatic rings. The van der Waals surface area contributed by atoms with E-state index in [2.05, 4.69) is 184 Å². The molecule has 0 saturated heterocycles. The van der Waals surface area contributed by atoms with Gasteiger partial charge in [-0.05, 0) is 80.9 Å². The molecule has 0 amide bonds. The lowest BCUT2D eigenvalue weighted by atomic mass is 9.82. The van der Waals surface area contributed by atoms with Crippen LogP contribution < -0.4 is 4.90 Å². The van der Waals surface area contributed by atoms with Crippen molar-refractivity contribution in [3.8, 4) is 33.4 Å². The minimum Gasteiger partial charge on any atom is -0.310 e. The monoisotopic (exact) mass is 659 g/mol. The number of rotatable bonds is 4. The van der Waals surface area contributed by atoms with Crippen LogP contribution in [-0.2, 0) is 10.8 Å². The molecule has 2 aliphatic carbocycles. The quantitative estimate of drug-likeness (QED) is 0.182. The Morgan fingerprint density at radius 3 is 1.52 bits per heavy atom. The van der Waals surface area contributed by atoms with Gasteiger partial charge >= 0.3 is 0 Å². The number of hydrogen-bond acceptors (Lipinski definition) is 2. The highest BCUT2D eigenvalue weighted by Gasteiger charge is 2.37. The van der Waals surface area contributed by atoms with Crippen LogP contribution in [-0.4, -0.2) is 0 Å². The molecule has 0 N–H and O–H groups in total. The summed E-state index contributed by atoms with van der Waals surface area (Å²) in [4.78, 5) is 2.50. The summed E-state index contributed by atoms with van der Waals surface area (Å²) >= 11 is 1.89. The molecular formula is C48H37NS. The van der Waals surface area contributed by atoms with E-state index < -0.39 is 0 Å². The van der Waals surface area contributed by atoms with Crippen LogP contribution in [0.25, 0.3) is 53.6 Å². The van der Waals surface area contributed by atoms with Crippen LogP contribution in [0.3, 0.4) is 0 Å². The van der Waals surface area contributed by atoms with Crippen LogP contribution in [0, 0.1) is 0 Å². The maximum Gasteiger partial charge on any atom is 0.0540 e. The molecule has 0 bridgehead atoms. The van der Waals surface area contributed by atoms with Gasteiger partial charge in [-0.25, -0.2) is 0 Å². The Morgan fingerprint density at radius 1 is 0.400 bits per heavy atom. The van der Waals surface area contributed by atoms with Crippen LogP contribution in [0.4, 0.5) is 17.1 Å². The van der Waals surface area contributed by atoms with E-state index in [0.717, 1.165) is 11.4 Å². The Kier molecular flexibility index (Phi) is 6.21. The van der Waals surface area contributed by atoms with Gasteiger partial charge in [-0.1, -0.05) is 143 Å². The van der Waals surface area contributed by atoms with Gasteiger partial charge in [0, 0.05) is 53.5 Å². The van der Waals surface area contributed by atoms with Crippen molar-refractivity contribution in [2.45, 2.75) is 38.5 Å². The van der Waals surface area contributed by atoms with E-state index in [-0.39, 0.29) is 10.8 Å². The number of para-hydroxylation sites is 1. The fourth-order valence-corrected chi connectivity index (χ4v) is 10.2. The number of nitrogens with zero attached hydrogens (tertiary/aromatic N) is 1. The molecule has 240 valence electrons. The molecule has 0 aliphatic heterocycles. The van der Waals surface area contributed by atoms with Crippen molar-refractivity contribution < 1.29 is 0 Å². The van der Waals surface area contributed by atoms with E-state index in [1.807, 2.05) is 11.3 Å². The second kappa shape index (κ2) is 10.5. The number of fused-ring (bicyclic) bond motifs is 9. The Bertz CT molecular complexity index is 2560. The largest absolute Gasteiger partial charge is 0.310 e. The molecule has 0 atom stereocenters. The molecule has 1 nitrogen and oxygen atoms in total. The zero-order valence-corrected chi connectivity index (χ0v) is 29.6. The van der Waals surface area contributed by atoms with Gasteiger partial charge in [0.25, 0.3) is 0 Å². The predicted molar refractivity (Wildman–Crippen MR) is 215 cm³/mol. The molecule has 0 unspecified atom stereocenters. The smallest absolute Gasteiger partial charge is 0.0540 e. The lowest BCUT2D eigenvalue weighted by molar-refractivity contribution is 0.660. The molecule has 1 aromatic heterocycles. The number of thiophene rings is 1. The van der Waals surface area contributed by atoms with Crippen molar-refractivity contribution in [2.24, 2.45) is 0 Å². The molecular weight excluding hydrogens is 623 g/mol. The van der Waals surface area contributed by atoms with Gasteiger partial charge < -0.3 is 4.90 Å². The zero-order valence-electron chi connectivity index (χ0n) is 28.8. The van der Waals surface area contributed by atoms with Crippen molar-refractivity contribution in [3.63, 3.8) is 0 Å². The van der Waals surface area contributed by atoms with E-state index in [0.29, 0.717) is 0 Å². The lowest BCUT2D eigenvalue weighted by Gasteiger charge is -2.30. The van der Waals surface area contributed by atoms with Crippen molar-refractivity contribution in [3.05, 3.63) is 174 Å².